The normalized spacial score (nSPS) is 13.8. The van der Waals surface area contributed by atoms with Crippen molar-refractivity contribution in [3.05, 3.63) is 46.8 Å². The van der Waals surface area contributed by atoms with E-state index in [0.29, 0.717) is 0 Å². The summed E-state index contributed by atoms with van der Waals surface area (Å²) >= 11 is 1.52. The number of nitrogens with zero attached hydrogens (tertiary/aromatic N) is 4. The van der Waals surface area contributed by atoms with Gasteiger partial charge in [-0.05, 0) is 25.0 Å². The standard InChI is InChI=1S/C16H20N6OS/c1-10(2)13(14-21-20-12-6-4-5-8-22(12)14)19-16(23)18-11(3)15-17-7-9-24-15/h4-11,13H,1-3H3,(H2,18,19,23)/t11-,13+/m0/s1. The molecule has 2 N–H and O–H groups in total. The van der Waals surface area contributed by atoms with Crippen molar-refractivity contribution in [2.75, 3.05) is 0 Å². The molecule has 0 fully saturated rings. The summed E-state index contributed by atoms with van der Waals surface area (Å²) < 4.78 is 1.90. The van der Waals surface area contributed by atoms with Gasteiger partial charge in [0.25, 0.3) is 0 Å². The van der Waals surface area contributed by atoms with Crippen LogP contribution in [0.1, 0.15) is 43.7 Å². The zero-order valence-electron chi connectivity index (χ0n) is 13.8. The van der Waals surface area contributed by atoms with E-state index in [1.165, 1.54) is 11.3 Å². The fourth-order valence-corrected chi connectivity index (χ4v) is 3.14. The van der Waals surface area contributed by atoms with Crippen LogP contribution in [-0.4, -0.2) is 25.6 Å². The molecule has 0 saturated carbocycles. The first-order valence-electron chi connectivity index (χ1n) is 7.82. The van der Waals surface area contributed by atoms with Gasteiger partial charge < -0.3 is 10.6 Å². The molecule has 3 heterocycles. The third-order valence-corrected chi connectivity index (χ3v) is 4.70. The molecule has 0 aliphatic rings. The Morgan fingerprint density at radius 3 is 2.75 bits per heavy atom. The number of hydrogen-bond acceptors (Lipinski definition) is 5. The topological polar surface area (TPSA) is 84.2 Å². The van der Waals surface area contributed by atoms with E-state index in [1.54, 1.807) is 6.20 Å². The van der Waals surface area contributed by atoms with Crippen LogP contribution >= 0.6 is 11.3 Å². The van der Waals surface area contributed by atoms with Crippen LogP contribution in [0.4, 0.5) is 4.79 Å². The lowest BCUT2D eigenvalue weighted by atomic mass is 10.0. The molecule has 8 heteroatoms. The van der Waals surface area contributed by atoms with Gasteiger partial charge in [0.1, 0.15) is 5.01 Å². The van der Waals surface area contributed by atoms with Crippen LogP contribution in [0.5, 0.6) is 0 Å². The number of rotatable bonds is 5. The number of aromatic nitrogens is 4. The third-order valence-electron chi connectivity index (χ3n) is 3.74. The quantitative estimate of drug-likeness (QED) is 0.745. The maximum atomic E-state index is 12.4. The number of hydrogen-bond donors (Lipinski definition) is 2. The van der Waals surface area contributed by atoms with E-state index in [2.05, 4.69) is 25.8 Å². The molecule has 0 aliphatic carbocycles. The summed E-state index contributed by atoms with van der Waals surface area (Å²) in [6, 6.07) is 5.08. The molecule has 0 aromatic carbocycles. The van der Waals surface area contributed by atoms with E-state index in [1.807, 2.05) is 54.9 Å². The minimum Gasteiger partial charge on any atom is -0.329 e. The summed E-state index contributed by atoms with van der Waals surface area (Å²) in [6.45, 7) is 5.99. The van der Waals surface area contributed by atoms with Gasteiger partial charge in [-0.1, -0.05) is 19.9 Å². The summed E-state index contributed by atoms with van der Waals surface area (Å²) in [5.41, 5.74) is 0.761. The van der Waals surface area contributed by atoms with Gasteiger partial charge in [-0.25, -0.2) is 9.78 Å². The summed E-state index contributed by atoms with van der Waals surface area (Å²) in [5, 5.41) is 17.1. The van der Waals surface area contributed by atoms with Gasteiger partial charge in [0, 0.05) is 17.8 Å². The smallest absolute Gasteiger partial charge is 0.315 e. The highest BCUT2D eigenvalue weighted by atomic mass is 32.1. The molecule has 126 valence electrons. The molecule has 7 nitrogen and oxygen atoms in total. The number of amides is 2. The highest BCUT2D eigenvalue weighted by Gasteiger charge is 2.24. The third kappa shape index (κ3) is 3.38. The summed E-state index contributed by atoms with van der Waals surface area (Å²) in [6.07, 6.45) is 3.63. The van der Waals surface area contributed by atoms with Crippen LogP contribution in [0, 0.1) is 5.92 Å². The van der Waals surface area contributed by atoms with Crippen LogP contribution in [0.25, 0.3) is 5.65 Å². The van der Waals surface area contributed by atoms with Gasteiger partial charge in [-0.2, -0.15) is 0 Å². The molecule has 2 amide bonds. The van der Waals surface area contributed by atoms with Crippen molar-refractivity contribution in [2.24, 2.45) is 5.92 Å². The number of fused-ring (bicyclic) bond motifs is 1. The lowest BCUT2D eigenvalue weighted by Gasteiger charge is -2.22. The molecule has 0 spiro atoms. The number of carbonyl (C=O) groups excluding carboxylic acids is 1. The van der Waals surface area contributed by atoms with Gasteiger partial charge in [0.15, 0.2) is 11.5 Å². The monoisotopic (exact) mass is 344 g/mol. The Bertz CT molecular complexity index is 813. The first kappa shape index (κ1) is 16.4. The van der Waals surface area contributed by atoms with E-state index in [0.717, 1.165) is 16.5 Å². The van der Waals surface area contributed by atoms with Crippen molar-refractivity contribution in [1.29, 1.82) is 0 Å². The first-order chi connectivity index (χ1) is 11.6. The molecule has 0 bridgehead atoms. The molecule has 3 aromatic rings. The van der Waals surface area contributed by atoms with Gasteiger partial charge in [0.05, 0.1) is 12.1 Å². The second-order valence-electron chi connectivity index (χ2n) is 5.92. The van der Waals surface area contributed by atoms with Gasteiger partial charge in [0.2, 0.25) is 0 Å². The molecule has 3 aromatic heterocycles. The number of nitrogens with one attached hydrogen (secondary N) is 2. The van der Waals surface area contributed by atoms with Crippen LogP contribution in [-0.2, 0) is 0 Å². The molecule has 0 radical (unpaired) electrons. The van der Waals surface area contributed by atoms with Crippen molar-refractivity contribution < 1.29 is 4.79 Å². The van der Waals surface area contributed by atoms with Crippen molar-refractivity contribution in [2.45, 2.75) is 32.9 Å². The lowest BCUT2D eigenvalue weighted by molar-refractivity contribution is 0.229. The SMILES string of the molecule is CC(C)[C@@H](NC(=O)N[C@@H](C)c1nccs1)c1nnc2ccccn12. The minimum absolute atomic E-state index is 0.145. The highest BCUT2D eigenvalue weighted by Crippen LogP contribution is 2.21. The van der Waals surface area contributed by atoms with E-state index < -0.39 is 0 Å². The minimum atomic E-state index is -0.246. The van der Waals surface area contributed by atoms with Crippen LogP contribution < -0.4 is 10.6 Å². The zero-order valence-corrected chi connectivity index (χ0v) is 14.6. The Hall–Kier alpha value is -2.48. The van der Waals surface area contributed by atoms with Crippen molar-refractivity contribution in [3.8, 4) is 0 Å². The van der Waals surface area contributed by atoms with E-state index in [4.69, 9.17) is 0 Å². The first-order valence-corrected chi connectivity index (χ1v) is 8.70. The van der Waals surface area contributed by atoms with Crippen LogP contribution in [0.2, 0.25) is 0 Å². The van der Waals surface area contributed by atoms with Crippen molar-refractivity contribution in [1.82, 2.24) is 30.2 Å². The van der Waals surface area contributed by atoms with Crippen LogP contribution in [0.15, 0.2) is 36.0 Å². The Labute approximate surface area is 144 Å². The maximum Gasteiger partial charge on any atom is 0.315 e. The molecule has 0 aliphatic heterocycles. The fourth-order valence-electron chi connectivity index (χ4n) is 2.49. The Morgan fingerprint density at radius 1 is 1.21 bits per heavy atom. The molecule has 0 unspecified atom stereocenters. The summed E-state index contributed by atoms with van der Waals surface area (Å²) in [7, 11) is 0. The maximum absolute atomic E-state index is 12.4. The molecule has 24 heavy (non-hydrogen) atoms. The Balaban J connectivity index is 1.76. The molecule has 3 rings (SSSR count). The predicted octanol–water partition coefficient (Wildman–Crippen LogP) is 2.94. The number of urea groups is 1. The van der Waals surface area contributed by atoms with Gasteiger partial charge >= 0.3 is 6.03 Å². The fraction of sp³-hybridized carbons (Fsp3) is 0.375. The average Bonchev–Trinajstić information content (AvgIpc) is 3.22. The molecule has 0 saturated heterocycles. The zero-order chi connectivity index (χ0) is 17.1. The molecule has 2 atom stereocenters. The van der Waals surface area contributed by atoms with Crippen molar-refractivity contribution >= 4 is 23.0 Å². The van der Waals surface area contributed by atoms with Gasteiger partial charge in [-0.3, -0.25) is 4.40 Å². The number of thiazole rings is 1. The second kappa shape index (κ2) is 6.96. The predicted molar refractivity (Wildman–Crippen MR) is 92.8 cm³/mol. The van der Waals surface area contributed by atoms with E-state index in [9.17, 15) is 4.79 Å². The summed E-state index contributed by atoms with van der Waals surface area (Å²) in [4.78, 5) is 16.6. The highest BCUT2D eigenvalue weighted by molar-refractivity contribution is 7.09. The average molecular weight is 344 g/mol. The van der Waals surface area contributed by atoms with E-state index in [-0.39, 0.29) is 24.0 Å². The van der Waals surface area contributed by atoms with E-state index >= 15 is 0 Å². The summed E-state index contributed by atoms with van der Waals surface area (Å²) in [5.74, 6) is 0.885. The van der Waals surface area contributed by atoms with Crippen molar-refractivity contribution in [3.63, 3.8) is 0 Å². The number of pyridine rings is 1. The molecular weight excluding hydrogens is 324 g/mol. The lowest BCUT2D eigenvalue weighted by Crippen LogP contribution is -2.41. The van der Waals surface area contributed by atoms with Gasteiger partial charge in [-0.15, -0.1) is 21.5 Å². The largest absolute Gasteiger partial charge is 0.329 e. The number of carbonyl (C=O) groups is 1. The Kier molecular flexibility index (Phi) is 4.75. The molecular formula is C16H20N6OS. The Morgan fingerprint density at radius 2 is 2.04 bits per heavy atom. The van der Waals surface area contributed by atoms with Crippen LogP contribution in [0.3, 0.4) is 0 Å². The second-order valence-corrected chi connectivity index (χ2v) is 6.84.